The normalized spacial score (nSPS) is 17.2. The number of anilines is 1. The van der Waals surface area contributed by atoms with E-state index in [0.717, 1.165) is 49.3 Å². The van der Waals surface area contributed by atoms with E-state index < -0.39 is 0 Å². The maximum atomic E-state index is 13.4. The second-order valence-corrected chi connectivity index (χ2v) is 9.91. The zero-order valence-corrected chi connectivity index (χ0v) is 20.5. The van der Waals surface area contributed by atoms with E-state index in [0.29, 0.717) is 28.0 Å². The number of benzene rings is 2. The Hall–Kier alpha value is -2.90. The molecule has 0 atom stereocenters. The van der Waals surface area contributed by atoms with Crippen molar-refractivity contribution in [1.82, 2.24) is 15.4 Å². The Morgan fingerprint density at radius 3 is 2.71 bits per heavy atom. The van der Waals surface area contributed by atoms with Crippen LogP contribution >= 0.6 is 23.2 Å². The van der Waals surface area contributed by atoms with Crippen LogP contribution in [0.15, 0.2) is 66.9 Å². The third-order valence-corrected chi connectivity index (χ3v) is 7.40. The average molecular weight is 507 g/mol. The van der Waals surface area contributed by atoms with Gasteiger partial charge in [0.05, 0.1) is 0 Å². The first-order valence-electron chi connectivity index (χ1n) is 11.5. The lowest BCUT2D eigenvalue weighted by Gasteiger charge is -2.39. The fourth-order valence-electron chi connectivity index (χ4n) is 5.13. The molecule has 179 valence electrons. The first-order valence-corrected chi connectivity index (χ1v) is 12.3. The summed E-state index contributed by atoms with van der Waals surface area (Å²) in [5.41, 5.74) is 6.85. The summed E-state index contributed by atoms with van der Waals surface area (Å²) in [5, 5.41) is 11.7. The first kappa shape index (κ1) is 23.8. The van der Waals surface area contributed by atoms with Crippen LogP contribution in [0.1, 0.15) is 34.3 Å². The van der Waals surface area contributed by atoms with Crippen molar-refractivity contribution in [3.63, 3.8) is 0 Å². The monoisotopic (exact) mass is 506 g/mol. The lowest BCUT2D eigenvalue weighted by Crippen LogP contribution is -2.46. The number of carbonyl (C=O) groups is 1. The van der Waals surface area contributed by atoms with Gasteiger partial charge in [0, 0.05) is 46.7 Å². The summed E-state index contributed by atoms with van der Waals surface area (Å²) in [5.74, 6) is -0.0767. The molecule has 0 aliphatic carbocycles. The van der Waals surface area contributed by atoms with Gasteiger partial charge in [0.2, 0.25) is 0 Å². The molecule has 3 aromatic rings. The highest BCUT2D eigenvalue weighted by Crippen LogP contribution is 2.48. The summed E-state index contributed by atoms with van der Waals surface area (Å²) in [6, 6.07) is 16.4. The highest BCUT2D eigenvalue weighted by molar-refractivity contribution is 6.31. The van der Waals surface area contributed by atoms with E-state index >= 15 is 0 Å². The van der Waals surface area contributed by atoms with Crippen molar-refractivity contribution < 1.29 is 4.79 Å². The predicted octanol–water partition coefficient (Wildman–Crippen LogP) is 5.83. The molecule has 2 aromatic carbocycles. The molecule has 1 amide bonds. The van der Waals surface area contributed by atoms with E-state index in [-0.39, 0.29) is 11.3 Å². The summed E-state index contributed by atoms with van der Waals surface area (Å²) < 4.78 is 0. The highest BCUT2D eigenvalue weighted by atomic mass is 35.5. The van der Waals surface area contributed by atoms with Crippen LogP contribution in [0.5, 0.6) is 0 Å². The number of amides is 1. The van der Waals surface area contributed by atoms with Crippen LogP contribution in [0, 0.1) is 5.21 Å². The van der Waals surface area contributed by atoms with Gasteiger partial charge in [-0.2, -0.15) is 0 Å². The van der Waals surface area contributed by atoms with E-state index in [1.165, 1.54) is 0 Å². The van der Waals surface area contributed by atoms with Gasteiger partial charge in [-0.15, -0.1) is 0 Å². The molecule has 0 N–H and O–H groups in total. The fraction of sp³-hybridized carbons (Fsp3) is 0.259. The first-order chi connectivity index (χ1) is 17.0. The van der Waals surface area contributed by atoms with Gasteiger partial charge >= 0.3 is 0 Å². The SMILES string of the molecule is O=C(c1ccnc(Cl)c1)N1CC2(CCN(C/C=C/c3cccc([N][O-])c3)CC2)c2cc(Cl)ccc21. The van der Waals surface area contributed by atoms with Crippen molar-refractivity contribution in [3.8, 4) is 0 Å². The highest BCUT2D eigenvalue weighted by Gasteiger charge is 2.46. The number of hydrogen-bond donors (Lipinski definition) is 0. The Morgan fingerprint density at radius 2 is 1.94 bits per heavy atom. The molecular formula is C27H24Cl2N4O2-. The quantitative estimate of drug-likeness (QED) is 0.322. The topological polar surface area (TPSA) is 73.6 Å². The molecule has 1 fully saturated rings. The Morgan fingerprint density at radius 1 is 1.11 bits per heavy atom. The summed E-state index contributed by atoms with van der Waals surface area (Å²) in [4.78, 5) is 21.7. The summed E-state index contributed by atoms with van der Waals surface area (Å²) in [7, 11) is 0. The van der Waals surface area contributed by atoms with E-state index in [4.69, 9.17) is 23.2 Å². The molecule has 2 aliphatic heterocycles. The summed E-state index contributed by atoms with van der Waals surface area (Å²) in [6.07, 6.45) is 7.55. The molecule has 0 unspecified atom stereocenters. The largest absolute Gasteiger partial charge is 0.739 e. The van der Waals surface area contributed by atoms with Gasteiger partial charge < -0.3 is 15.6 Å². The van der Waals surface area contributed by atoms with Crippen molar-refractivity contribution in [2.24, 2.45) is 0 Å². The van der Waals surface area contributed by atoms with Crippen molar-refractivity contribution in [1.29, 1.82) is 0 Å². The Balaban J connectivity index is 1.30. The Labute approximate surface area is 214 Å². The van der Waals surface area contributed by atoms with Crippen molar-refractivity contribution in [2.45, 2.75) is 18.3 Å². The number of hydrogen-bond acceptors (Lipinski definition) is 4. The van der Waals surface area contributed by atoms with Crippen molar-refractivity contribution in [2.75, 3.05) is 31.1 Å². The lowest BCUT2D eigenvalue weighted by molar-refractivity contribution is 0.0977. The zero-order valence-electron chi connectivity index (χ0n) is 19.0. The number of rotatable bonds is 5. The molecule has 6 nitrogen and oxygen atoms in total. The van der Waals surface area contributed by atoms with Crippen LogP contribution in [-0.2, 0) is 5.41 Å². The molecule has 0 saturated carbocycles. The Kier molecular flexibility index (Phi) is 6.80. The maximum absolute atomic E-state index is 13.4. The number of piperidine rings is 1. The lowest BCUT2D eigenvalue weighted by atomic mass is 9.74. The third kappa shape index (κ3) is 4.93. The zero-order chi connectivity index (χ0) is 24.4. The third-order valence-electron chi connectivity index (χ3n) is 6.96. The number of halogens is 2. The molecule has 35 heavy (non-hydrogen) atoms. The van der Waals surface area contributed by atoms with Gasteiger partial charge in [-0.05, 0) is 79.5 Å². The van der Waals surface area contributed by atoms with Gasteiger partial charge in [0.15, 0.2) is 0 Å². The second kappa shape index (κ2) is 9.99. The minimum absolute atomic E-state index is 0.0767. The Bertz CT molecular complexity index is 1270. The van der Waals surface area contributed by atoms with Crippen LogP contribution in [0.3, 0.4) is 0 Å². The number of likely N-dealkylation sites (tertiary alicyclic amines) is 1. The smallest absolute Gasteiger partial charge is 0.258 e. The van der Waals surface area contributed by atoms with E-state index in [2.05, 4.69) is 21.4 Å². The van der Waals surface area contributed by atoms with Crippen LogP contribution in [0.25, 0.3) is 6.08 Å². The fourth-order valence-corrected chi connectivity index (χ4v) is 5.47. The number of aromatic nitrogens is 1. The molecule has 8 heteroatoms. The van der Waals surface area contributed by atoms with Crippen LogP contribution in [0.4, 0.5) is 11.4 Å². The van der Waals surface area contributed by atoms with Gasteiger partial charge in [-0.1, -0.05) is 47.5 Å². The van der Waals surface area contributed by atoms with Crippen LogP contribution in [-0.4, -0.2) is 42.0 Å². The number of fused-ring (bicyclic) bond motifs is 2. The van der Waals surface area contributed by atoms with E-state index in [1.54, 1.807) is 30.5 Å². The standard InChI is InChI=1S/C27H24Cl2N4O2/c28-21-6-7-24-23(17-21)27(18-33(24)26(34)20-8-11-30-25(29)16-20)9-13-32(14-10-27)12-2-4-19-3-1-5-22(15-19)31-35/h1-8,11,15-17H,9-10,12-14,18H2/q-1/b4-2+. The molecular weight excluding hydrogens is 483 g/mol. The number of pyridine rings is 1. The van der Waals surface area contributed by atoms with Crippen LogP contribution < -0.4 is 10.4 Å². The molecule has 2 aliphatic rings. The molecule has 0 bridgehead atoms. The van der Waals surface area contributed by atoms with Crippen molar-refractivity contribution in [3.05, 3.63) is 98.9 Å². The molecule has 1 spiro atoms. The van der Waals surface area contributed by atoms with Gasteiger partial charge in [0.25, 0.3) is 5.91 Å². The minimum Gasteiger partial charge on any atom is -0.739 e. The number of carbonyl (C=O) groups excluding carboxylic acids is 1. The minimum atomic E-state index is -0.128. The molecule has 1 saturated heterocycles. The van der Waals surface area contributed by atoms with Gasteiger partial charge in [0.1, 0.15) is 5.15 Å². The second-order valence-electron chi connectivity index (χ2n) is 9.09. The summed E-state index contributed by atoms with van der Waals surface area (Å²) >= 11 is 12.4. The molecule has 1 aromatic heterocycles. The van der Waals surface area contributed by atoms with E-state index in [9.17, 15) is 10.0 Å². The van der Waals surface area contributed by atoms with Crippen molar-refractivity contribution >= 4 is 46.6 Å². The molecule has 5 rings (SSSR count). The molecule has 3 heterocycles. The van der Waals surface area contributed by atoms with E-state index in [1.807, 2.05) is 41.3 Å². The number of nitrogens with zero attached hydrogens (tertiary/aromatic N) is 4. The maximum Gasteiger partial charge on any atom is 0.258 e. The molecule has 1 radical (unpaired) electrons. The average Bonchev–Trinajstić information content (AvgIpc) is 3.18. The van der Waals surface area contributed by atoms with Crippen LogP contribution in [0.2, 0.25) is 10.2 Å². The summed E-state index contributed by atoms with van der Waals surface area (Å²) in [6.45, 7) is 3.26. The van der Waals surface area contributed by atoms with Gasteiger partial charge in [-0.25, -0.2) is 4.98 Å². The van der Waals surface area contributed by atoms with Gasteiger partial charge in [-0.3, -0.25) is 9.69 Å². The predicted molar refractivity (Wildman–Crippen MR) is 140 cm³/mol.